The first kappa shape index (κ1) is 17.4. The summed E-state index contributed by atoms with van der Waals surface area (Å²) < 4.78 is 0. The van der Waals surface area contributed by atoms with Crippen LogP contribution in [0.5, 0.6) is 0 Å². The summed E-state index contributed by atoms with van der Waals surface area (Å²) >= 11 is 0. The van der Waals surface area contributed by atoms with Crippen molar-refractivity contribution in [3.05, 3.63) is 47.3 Å². The molecule has 0 radical (unpaired) electrons. The summed E-state index contributed by atoms with van der Waals surface area (Å²) in [7, 11) is 0. The topological polar surface area (TPSA) is 61.4 Å². The molecule has 2 heterocycles. The third-order valence-corrected chi connectivity index (χ3v) is 4.86. The number of nitrogens with zero attached hydrogens (tertiary/aromatic N) is 4. The van der Waals surface area contributed by atoms with Crippen LogP contribution in [0.1, 0.15) is 28.4 Å². The second-order valence-electron chi connectivity index (χ2n) is 6.39. The van der Waals surface area contributed by atoms with Crippen LogP contribution in [0.3, 0.4) is 0 Å². The molecule has 1 saturated heterocycles. The molecule has 6 heteroatoms. The number of hydrogen-bond acceptors (Lipinski definition) is 5. The molecule has 25 heavy (non-hydrogen) atoms. The molecule has 1 amide bonds. The molecule has 1 aromatic carbocycles. The number of nitrogens with one attached hydrogen (secondary N) is 1. The Bertz CT molecular complexity index is 736. The van der Waals surface area contributed by atoms with Crippen molar-refractivity contribution in [2.75, 3.05) is 38.0 Å². The number of aromatic nitrogens is 2. The van der Waals surface area contributed by atoms with Gasteiger partial charge in [-0.05, 0) is 37.6 Å². The number of likely N-dealkylation sites (N-methyl/N-ethyl adjacent to an activating group) is 1. The first-order valence-corrected chi connectivity index (χ1v) is 8.75. The Hall–Kier alpha value is -2.47. The average molecular weight is 339 g/mol. The van der Waals surface area contributed by atoms with E-state index in [9.17, 15) is 4.79 Å². The van der Waals surface area contributed by atoms with Crippen LogP contribution in [0.4, 0.5) is 11.6 Å². The number of rotatable bonds is 4. The maximum Gasteiger partial charge on any atom is 0.257 e. The molecule has 2 aromatic rings. The Balaban J connectivity index is 1.66. The summed E-state index contributed by atoms with van der Waals surface area (Å²) in [5, 5.41) is 3.22. The van der Waals surface area contributed by atoms with Gasteiger partial charge in [0.2, 0.25) is 5.95 Å². The van der Waals surface area contributed by atoms with Gasteiger partial charge in [-0.1, -0.05) is 19.1 Å². The predicted octanol–water partition coefficient (Wildman–Crippen LogP) is 2.61. The van der Waals surface area contributed by atoms with Gasteiger partial charge in [-0.15, -0.1) is 0 Å². The standard InChI is InChI=1S/C19H25N5O/c1-4-23-8-10-24(11-9-23)18(25)16-12-20-19(21-13-16)22-17-7-5-6-14(2)15(17)3/h5-7,12-13H,4,8-11H2,1-3H3,(H,20,21,22). The van der Waals surface area contributed by atoms with E-state index in [1.807, 2.05) is 17.0 Å². The smallest absolute Gasteiger partial charge is 0.257 e. The molecule has 3 rings (SSSR count). The zero-order valence-electron chi connectivity index (χ0n) is 15.1. The molecule has 1 aromatic heterocycles. The minimum absolute atomic E-state index is 0.00837. The number of hydrogen-bond donors (Lipinski definition) is 1. The minimum atomic E-state index is 0.00837. The number of benzene rings is 1. The number of anilines is 2. The van der Waals surface area contributed by atoms with Gasteiger partial charge < -0.3 is 15.1 Å². The lowest BCUT2D eigenvalue weighted by atomic mass is 10.1. The highest BCUT2D eigenvalue weighted by Gasteiger charge is 2.21. The molecular weight excluding hydrogens is 314 g/mol. The number of aryl methyl sites for hydroxylation is 1. The second-order valence-corrected chi connectivity index (χ2v) is 6.39. The molecule has 0 aliphatic carbocycles. The van der Waals surface area contributed by atoms with Gasteiger partial charge in [-0.3, -0.25) is 4.79 Å². The average Bonchev–Trinajstić information content (AvgIpc) is 2.65. The molecule has 0 atom stereocenters. The van der Waals surface area contributed by atoms with E-state index >= 15 is 0 Å². The zero-order valence-corrected chi connectivity index (χ0v) is 15.1. The second kappa shape index (κ2) is 7.61. The van der Waals surface area contributed by atoms with Crippen LogP contribution in [0.15, 0.2) is 30.6 Å². The lowest BCUT2D eigenvalue weighted by Crippen LogP contribution is -2.48. The SMILES string of the molecule is CCN1CCN(C(=O)c2cnc(Nc3cccc(C)c3C)nc2)CC1. The summed E-state index contributed by atoms with van der Waals surface area (Å²) in [6, 6.07) is 6.07. The highest BCUT2D eigenvalue weighted by Crippen LogP contribution is 2.20. The molecule has 0 bridgehead atoms. The van der Waals surface area contributed by atoms with Crippen molar-refractivity contribution in [2.24, 2.45) is 0 Å². The molecule has 6 nitrogen and oxygen atoms in total. The van der Waals surface area contributed by atoms with Crippen molar-refractivity contribution < 1.29 is 4.79 Å². The molecule has 1 N–H and O–H groups in total. The molecule has 1 fully saturated rings. The van der Waals surface area contributed by atoms with Crippen LogP contribution in [0.2, 0.25) is 0 Å². The van der Waals surface area contributed by atoms with Crippen molar-refractivity contribution in [3.8, 4) is 0 Å². The quantitative estimate of drug-likeness (QED) is 0.928. The Morgan fingerprint density at radius 3 is 2.44 bits per heavy atom. The largest absolute Gasteiger partial charge is 0.336 e. The van der Waals surface area contributed by atoms with E-state index in [0.717, 1.165) is 38.4 Å². The summed E-state index contributed by atoms with van der Waals surface area (Å²) in [4.78, 5) is 25.4. The maximum atomic E-state index is 12.6. The van der Waals surface area contributed by atoms with E-state index in [4.69, 9.17) is 0 Å². The number of piperazine rings is 1. The van der Waals surface area contributed by atoms with Gasteiger partial charge in [0.25, 0.3) is 5.91 Å². The van der Waals surface area contributed by atoms with E-state index in [2.05, 4.69) is 47.0 Å². The third-order valence-electron chi connectivity index (χ3n) is 4.86. The normalized spacial score (nSPS) is 15.2. The molecule has 132 valence electrons. The van der Waals surface area contributed by atoms with Gasteiger partial charge >= 0.3 is 0 Å². The Labute approximate surface area is 148 Å². The van der Waals surface area contributed by atoms with Gasteiger partial charge in [-0.2, -0.15) is 0 Å². The van der Waals surface area contributed by atoms with Crippen LogP contribution in [-0.4, -0.2) is 58.4 Å². The molecule has 0 saturated carbocycles. The molecule has 1 aliphatic rings. The van der Waals surface area contributed by atoms with Gasteiger partial charge in [0.15, 0.2) is 0 Å². The van der Waals surface area contributed by atoms with E-state index in [1.165, 1.54) is 11.1 Å². The van der Waals surface area contributed by atoms with E-state index in [0.29, 0.717) is 11.5 Å². The summed E-state index contributed by atoms with van der Waals surface area (Å²) in [5.41, 5.74) is 3.90. The first-order valence-electron chi connectivity index (χ1n) is 8.75. The third kappa shape index (κ3) is 3.96. The lowest BCUT2D eigenvalue weighted by Gasteiger charge is -2.33. The van der Waals surface area contributed by atoms with Gasteiger partial charge in [0.1, 0.15) is 0 Å². The summed E-state index contributed by atoms with van der Waals surface area (Å²) in [6.45, 7) is 10.7. The van der Waals surface area contributed by atoms with Crippen molar-refractivity contribution >= 4 is 17.5 Å². The fourth-order valence-electron chi connectivity index (χ4n) is 2.96. The van der Waals surface area contributed by atoms with E-state index in [-0.39, 0.29) is 5.91 Å². The summed E-state index contributed by atoms with van der Waals surface area (Å²) in [5.74, 6) is 0.509. The first-order chi connectivity index (χ1) is 12.1. The van der Waals surface area contributed by atoms with Crippen LogP contribution in [0, 0.1) is 13.8 Å². The summed E-state index contributed by atoms with van der Waals surface area (Å²) in [6.07, 6.45) is 3.21. The Kier molecular flexibility index (Phi) is 5.28. The van der Waals surface area contributed by atoms with Crippen molar-refractivity contribution in [1.82, 2.24) is 19.8 Å². The fraction of sp³-hybridized carbons (Fsp3) is 0.421. The van der Waals surface area contributed by atoms with Crippen molar-refractivity contribution in [2.45, 2.75) is 20.8 Å². The highest BCUT2D eigenvalue weighted by atomic mass is 16.2. The zero-order chi connectivity index (χ0) is 17.8. The molecule has 1 aliphatic heterocycles. The lowest BCUT2D eigenvalue weighted by molar-refractivity contribution is 0.0642. The predicted molar refractivity (Wildman–Crippen MR) is 99.2 cm³/mol. The van der Waals surface area contributed by atoms with E-state index < -0.39 is 0 Å². The highest BCUT2D eigenvalue weighted by molar-refractivity contribution is 5.93. The minimum Gasteiger partial charge on any atom is -0.336 e. The van der Waals surface area contributed by atoms with Gasteiger partial charge in [-0.25, -0.2) is 9.97 Å². The van der Waals surface area contributed by atoms with Crippen LogP contribution >= 0.6 is 0 Å². The molecular formula is C19H25N5O. The van der Waals surface area contributed by atoms with Crippen LogP contribution in [0.25, 0.3) is 0 Å². The van der Waals surface area contributed by atoms with Crippen LogP contribution < -0.4 is 5.32 Å². The van der Waals surface area contributed by atoms with Gasteiger partial charge in [0, 0.05) is 44.3 Å². The van der Waals surface area contributed by atoms with Crippen molar-refractivity contribution in [1.29, 1.82) is 0 Å². The number of carbonyl (C=O) groups is 1. The van der Waals surface area contributed by atoms with Gasteiger partial charge in [0.05, 0.1) is 5.56 Å². The molecule has 0 spiro atoms. The van der Waals surface area contributed by atoms with E-state index in [1.54, 1.807) is 12.4 Å². The number of carbonyl (C=O) groups excluding carboxylic acids is 1. The Morgan fingerprint density at radius 1 is 1.12 bits per heavy atom. The number of amides is 1. The van der Waals surface area contributed by atoms with Crippen LogP contribution in [-0.2, 0) is 0 Å². The monoisotopic (exact) mass is 339 g/mol. The fourth-order valence-corrected chi connectivity index (χ4v) is 2.96. The Morgan fingerprint density at radius 2 is 1.80 bits per heavy atom. The molecule has 0 unspecified atom stereocenters. The maximum absolute atomic E-state index is 12.6. The van der Waals surface area contributed by atoms with Crippen molar-refractivity contribution in [3.63, 3.8) is 0 Å².